The summed E-state index contributed by atoms with van der Waals surface area (Å²) >= 11 is 5.96. The van der Waals surface area contributed by atoms with Crippen LogP contribution in [-0.2, 0) is 31.5 Å². The van der Waals surface area contributed by atoms with Gasteiger partial charge in [0.1, 0.15) is 18.0 Å². The number of carbonyl (C=O) groups is 1. The van der Waals surface area contributed by atoms with E-state index in [1.54, 1.807) is 16.5 Å². The van der Waals surface area contributed by atoms with Crippen molar-refractivity contribution in [3.05, 3.63) is 58.4 Å². The van der Waals surface area contributed by atoms with Crippen LogP contribution in [0.3, 0.4) is 0 Å². The molecule has 0 aliphatic carbocycles. The van der Waals surface area contributed by atoms with Crippen LogP contribution >= 0.6 is 11.6 Å². The van der Waals surface area contributed by atoms with Crippen molar-refractivity contribution in [1.82, 2.24) is 24.9 Å². The van der Waals surface area contributed by atoms with E-state index in [0.717, 1.165) is 28.2 Å². The van der Waals surface area contributed by atoms with E-state index in [2.05, 4.69) is 15.3 Å². The summed E-state index contributed by atoms with van der Waals surface area (Å²) in [5.41, 5.74) is 4.44. The highest BCUT2D eigenvalue weighted by atomic mass is 35.5. The molecule has 0 saturated heterocycles. The van der Waals surface area contributed by atoms with E-state index in [9.17, 15) is 4.79 Å². The van der Waals surface area contributed by atoms with Gasteiger partial charge in [-0.3, -0.25) is 4.79 Å². The van der Waals surface area contributed by atoms with Gasteiger partial charge in [-0.15, -0.1) is 5.10 Å². The largest absolute Gasteiger partial charge is 0.471 e. The van der Waals surface area contributed by atoms with Gasteiger partial charge in [0.05, 0.1) is 12.2 Å². The van der Waals surface area contributed by atoms with E-state index in [0.29, 0.717) is 24.0 Å². The Hall–Kier alpha value is -2.93. The van der Waals surface area contributed by atoms with Gasteiger partial charge in [-0.2, -0.15) is 0 Å². The lowest BCUT2D eigenvalue weighted by Gasteiger charge is -2.10. The molecule has 0 N–H and O–H groups in total. The molecule has 7 nitrogen and oxygen atoms in total. The first-order chi connectivity index (χ1) is 13.0. The summed E-state index contributed by atoms with van der Waals surface area (Å²) in [4.78, 5) is 17.9. The van der Waals surface area contributed by atoms with Crippen molar-refractivity contribution in [1.29, 1.82) is 0 Å². The number of halogens is 1. The lowest BCUT2D eigenvalue weighted by atomic mass is 10.1. The van der Waals surface area contributed by atoms with Gasteiger partial charge in [0.2, 0.25) is 11.8 Å². The van der Waals surface area contributed by atoms with Crippen LogP contribution in [-0.4, -0.2) is 30.8 Å². The SMILES string of the molecule is CC(=O)N1Cc2ccc(OCc3c(-c4ccc(Cl)cc4)nnn3C)nc2C1. The summed E-state index contributed by atoms with van der Waals surface area (Å²) in [6, 6.07) is 11.2. The summed E-state index contributed by atoms with van der Waals surface area (Å²) in [5.74, 6) is 0.562. The second-order valence-electron chi connectivity index (χ2n) is 6.43. The highest BCUT2D eigenvalue weighted by Gasteiger charge is 2.22. The van der Waals surface area contributed by atoms with Gasteiger partial charge in [0, 0.05) is 37.2 Å². The van der Waals surface area contributed by atoms with E-state index < -0.39 is 0 Å². The van der Waals surface area contributed by atoms with E-state index in [4.69, 9.17) is 16.3 Å². The molecular formula is C19H18ClN5O2. The Morgan fingerprint density at radius 3 is 2.70 bits per heavy atom. The fourth-order valence-electron chi connectivity index (χ4n) is 3.05. The molecule has 8 heteroatoms. The standard InChI is InChI=1S/C19H18ClN5O2/c1-12(26)25-9-14-5-8-18(21-16(14)10-25)27-11-17-19(22-23-24(17)2)13-3-6-15(20)7-4-13/h3-8H,9-11H2,1-2H3. The Morgan fingerprint density at radius 1 is 1.19 bits per heavy atom. The number of aryl methyl sites for hydroxylation is 1. The maximum absolute atomic E-state index is 11.6. The molecule has 1 aliphatic rings. The number of pyridine rings is 1. The minimum absolute atomic E-state index is 0.0454. The van der Waals surface area contributed by atoms with Crippen molar-refractivity contribution in [3.63, 3.8) is 0 Å². The predicted octanol–water partition coefficient (Wildman–Crippen LogP) is 2.97. The number of nitrogens with zero attached hydrogens (tertiary/aromatic N) is 5. The molecular weight excluding hydrogens is 366 g/mol. The van der Waals surface area contributed by atoms with E-state index in [1.807, 2.05) is 43.4 Å². The zero-order valence-electron chi connectivity index (χ0n) is 15.0. The number of ether oxygens (including phenoxy) is 1. The molecule has 0 atom stereocenters. The van der Waals surface area contributed by atoms with Gasteiger partial charge >= 0.3 is 0 Å². The van der Waals surface area contributed by atoms with Crippen LogP contribution in [0, 0.1) is 0 Å². The quantitative estimate of drug-likeness (QED) is 0.692. The first kappa shape index (κ1) is 17.5. The number of aromatic nitrogens is 4. The Bertz CT molecular complexity index is 1000. The minimum Gasteiger partial charge on any atom is -0.471 e. The molecule has 3 heterocycles. The van der Waals surface area contributed by atoms with Crippen LogP contribution in [0.15, 0.2) is 36.4 Å². The van der Waals surface area contributed by atoms with Crippen LogP contribution in [0.2, 0.25) is 5.02 Å². The summed E-state index contributed by atoms with van der Waals surface area (Å²) in [6.45, 7) is 2.97. The van der Waals surface area contributed by atoms with Gasteiger partial charge in [-0.25, -0.2) is 9.67 Å². The van der Waals surface area contributed by atoms with Gasteiger partial charge in [-0.1, -0.05) is 28.9 Å². The first-order valence-electron chi connectivity index (χ1n) is 8.53. The number of hydrogen-bond acceptors (Lipinski definition) is 5. The highest BCUT2D eigenvalue weighted by Crippen LogP contribution is 2.26. The van der Waals surface area contributed by atoms with Crippen molar-refractivity contribution in [2.45, 2.75) is 26.6 Å². The van der Waals surface area contributed by atoms with Crippen molar-refractivity contribution in [2.75, 3.05) is 0 Å². The molecule has 0 unspecified atom stereocenters. The van der Waals surface area contributed by atoms with E-state index in [-0.39, 0.29) is 12.5 Å². The van der Waals surface area contributed by atoms with Crippen molar-refractivity contribution >= 4 is 17.5 Å². The van der Waals surface area contributed by atoms with Crippen molar-refractivity contribution in [2.24, 2.45) is 7.05 Å². The molecule has 0 spiro atoms. The third-order valence-electron chi connectivity index (χ3n) is 4.61. The van der Waals surface area contributed by atoms with Gasteiger partial charge < -0.3 is 9.64 Å². The van der Waals surface area contributed by atoms with E-state index in [1.165, 1.54) is 0 Å². The average molecular weight is 384 g/mol. The third kappa shape index (κ3) is 3.50. The summed E-state index contributed by atoms with van der Waals surface area (Å²) < 4.78 is 7.59. The number of benzene rings is 1. The second kappa shape index (κ2) is 7.00. The van der Waals surface area contributed by atoms with Crippen LogP contribution in [0.1, 0.15) is 23.9 Å². The Kier molecular flexibility index (Phi) is 4.53. The number of amides is 1. The van der Waals surface area contributed by atoms with Crippen molar-refractivity contribution in [3.8, 4) is 17.1 Å². The lowest BCUT2D eigenvalue weighted by molar-refractivity contribution is -0.129. The second-order valence-corrected chi connectivity index (χ2v) is 6.87. The maximum atomic E-state index is 11.6. The molecule has 2 aromatic heterocycles. The summed E-state index contributed by atoms with van der Waals surface area (Å²) in [6.07, 6.45) is 0. The maximum Gasteiger partial charge on any atom is 0.220 e. The average Bonchev–Trinajstić information content (AvgIpc) is 3.24. The molecule has 0 radical (unpaired) electrons. The topological polar surface area (TPSA) is 73.1 Å². The molecule has 0 bridgehead atoms. The number of hydrogen-bond donors (Lipinski definition) is 0. The molecule has 1 aromatic carbocycles. The highest BCUT2D eigenvalue weighted by molar-refractivity contribution is 6.30. The molecule has 1 amide bonds. The fourth-order valence-corrected chi connectivity index (χ4v) is 3.18. The molecule has 1 aliphatic heterocycles. The molecule has 0 saturated carbocycles. The minimum atomic E-state index is 0.0454. The monoisotopic (exact) mass is 383 g/mol. The molecule has 138 valence electrons. The summed E-state index contributed by atoms with van der Waals surface area (Å²) in [5, 5.41) is 9.01. The number of carbonyl (C=O) groups excluding carboxylic acids is 1. The van der Waals surface area contributed by atoms with Gasteiger partial charge in [0.15, 0.2) is 0 Å². The zero-order valence-corrected chi connectivity index (χ0v) is 15.8. The third-order valence-corrected chi connectivity index (χ3v) is 4.86. The predicted molar refractivity (Wildman–Crippen MR) is 99.9 cm³/mol. The Balaban J connectivity index is 1.52. The number of fused-ring (bicyclic) bond motifs is 1. The van der Waals surface area contributed by atoms with E-state index >= 15 is 0 Å². The molecule has 4 rings (SSSR count). The van der Waals surface area contributed by atoms with Gasteiger partial charge in [-0.05, 0) is 23.8 Å². The Morgan fingerprint density at radius 2 is 1.96 bits per heavy atom. The normalized spacial score (nSPS) is 12.9. The van der Waals surface area contributed by atoms with Crippen LogP contribution in [0.4, 0.5) is 0 Å². The first-order valence-corrected chi connectivity index (χ1v) is 8.90. The van der Waals surface area contributed by atoms with Crippen LogP contribution in [0.5, 0.6) is 5.88 Å². The van der Waals surface area contributed by atoms with Crippen LogP contribution < -0.4 is 4.74 Å². The number of rotatable bonds is 4. The Labute approximate surface area is 161 Å². The molecule has 3 aromatic rings. The molecule has 27 heavy (non-hydrogen) atoms. The van der Waals surface area contributed by atoms with Gasteiger partial charge in [0.25, 0.3) is 0 Å². The zero-order chi connectivity index (χ0) is 19.0. The molecule has 0 fully saturated rings. The smallest absolute Gasteiger partial charge is 0.220 e. The fraction of sp³-hybridized carbons (Fsp3) is 0.263. The van der Waals surface area contributed by atoms with Crippen molar-refractivity contribution < 1.29 is 9.53 Å². The lowest BCUT2D eigenvalue weighted by Crippen LogP contribution is -2.21. The van der Waals surface area contributed by atoms with Crippen LogP contribution in [0.25, 0.3) is 11.3 Å². The summed E-state index contributed by atoms with van der Waals surface area (Å²) in [7, 11) is 1.83.